The molecule has 0 saturated carbocycles. The average molecular weight is 2120 g/mol. The first-order valence-electron chi connectivity index (χ1n) is 50.2. The highest BCUT2D eigenvalue weighted by atomic mass is 16.7. The summed E-state index contributed by atoms with van der Waals surface area (Å²) in [6.07, 6.45) is -8.48. The van der Waals surface area contributed by atoms with Gasteiger partial charge in [-0.3, -0.25) is 61.9 Å². The number of carbonyl (C=O) groups excluding carboxylic acids is 18. The van der Waals surface area contributed by atoms with Crippen molar-refractivity contribution in [1.82, 2.24) is 83.6 Å². The monoisotopic (exact) mass is 2120 g/mol. The Morgan fingerprint density at radius 2 is 0.687 bits per heavy atom. The number of hydrogen-bond acceptors (Lipinski definition) is 30. The van der Waals surface area contributed by atoms with Crippen LogP contribution in [-0.2, 0) is 113 Å². The second kappa shape index (κ2) is 58.4. The van der Waals surface area contributed by atoms with Crippen LogP contribution in [0, 0.1) is 11.8 Å². The number of nitrogens with zero attached hydrogens (tertiary/aromatic N) is 2. The van der Waals surface area contributed by atoms with Gasteiger partial charge in [0.1, 0.15) is 101 Å². The molecule has 0 aliphatic carbocycles. The Bertz CT molecular complexity index is 5310. The number of carboxylic acid groups (broad SMARTS) is 1. The van der Waals surface area contributed by atoms with E-state index in [2.05, 4.69) is 90.5 Å². The number of hydrogen-bond donors (Lipinski definition) is 17. The third-order valence-electron chi connectivity index (χ3n) is 21.2. The van der Waals surface area contributed by atoms with E-state index in [4.69, 9.17) is 44.6 Å². The minimum Gasteiger partial charge on any atom is -0.480 e. The first-order chi connectivity index (χ1) is 69.3. The number of unbranched alkanes of at least 4 members (excludes halogenated alkanes) is 1. The van der Waals surface area contributed by atoms with E-state index >= 15 is 38.4 Å². The molecule has 0 saturated heterocycles. The summed E-state index contributed by atoms with van der Waals surface area (Å²) in [5.41, 5.74) is 6.27. The predicted molar refractivity (Wildman–Crippen MR) is 554 cm³/mol. The Morgan fingerprint density at radius 1 is 0.373 bits per heavy atom. The van der Waals surface area contributed by atoms with E-state index in [1.54, 1.807) is 222 Å². The molecule has 12 atom stereocenters. The maximum absolute atomic E-state index is 15.9. The lowest BCUT2D eigenvalue weighted by Crippen LogP contribution is -2.63. The fraction of sp³-hybridized carbons (Fsp3) is 0.641. The molecule has 0 radical (unpaired) electrons. The topological polar surface area (TPSA) is 658 Å². The van der Waals surface area contributed by atoms with Crippen molar-refractivity contribution in [3.8, 4) is 0 Å². The average Bonchev–Trinajstić information content (AvgIpc) is 1.64. The Kier molecular flexibility index (Phi) is 50.1. The van der Waals surface area contributed by atoms with Gasteiger partial charge in [0.2, 0.25) is 59.1 Å². The van der Waals surface area contributed by atoms with Crippen molar-refractivity contribution in [3.05, 3.63) is 84.7 Å². The van der Waals surface area contributed by atoms with E-state index in [0.29, 0.717) is 16.3 Å². The first kappa shape index (κ1) is 129. The van der Waals surface area contributed by atoms with E-state index in [-0.39, 0.29) is 87.3 Å². The molecule has 2 aromatic carbocycles. The molecule has 0 aliphatic heterocycles. The molecule has 838 valence electrons. The third-order valence-corrected chi connectivity index (χ3v) is 21.2. The molecule has 0 aliphatic rings. The maximum Gasteiger partial charge on any atom is 0.516 e. The van der Waals surface area contributed by atoms with Crippen molar-refractivity contribution < 1.29 is 139 Å². The number of ether oxygens (including phenoxy) is 9. The van der Waals surface area contributed by atoms with Crippen molar-refractivity contribution in [2.45, 2.75) is 375 Å². The van der Waals surface area contributed by atoms with Crippen LogP contribution < -0.4 is 85.9 Å². The van der Waals surface area contributed by atoms with E-state index in [1.165, 1.54) is 34.5 Å². The number of nitrogens with two attached hydrogens (primary N) is 2. The maximum atomic E-state index is 15.9. The van der Waals surface area contributed by atoms with Crippen LogP contribution in [0.3, 0.4) is 0 Å². The van der Waals surface area contributed by atoms with E-state index in [1.807, 2.05) is 0 Å². The van der Waals surface area contributed by atoms with Crippen LogP contribution in [0.25, 0.3) is 21.8 Å². The molecule has 0 fully saturated rings. The van der Waals surface area contributed by atoms with E-state index in [9.17, 15) is 57.8 Å². The van der Waals surface area contributed by atoms with Crippen molar-refractivity contribution in [1.29, 1.82) is 0 Å². The van der Waals surface area contributed by atoms with Gasteiger partial charge in [-0.05, 0) is 258 Å². The van der Waals surface area contributed by atoms with Gasteiger partial charge in [0.25, 0.3) is 0 Å². The normalized spacial score (nSPS) is 14.4. The van der Waals surface area contributed by atoms with Crippen molar-refractivity contribution in [2.24, 2.45) is 23.3 Å². The summed E-state index contributed by atoms with van der Waals surface area (Å²) in [5.74, 6) is -14.4. The summed E-state index contributed by atoms with van der Waals surface area (Å²) in [5, 5.41) is 47.7. The quantitative estimate of drug-likeness (QED) is 0.00655. The number of esters is 1. The highest BCUT2D eigenvalue weighted by Gasteiger charge is 2.42. The highest BCUT2D eigenvalue weighted by Crippen LogP contribution is 2.29. The number of carbonyl (C=O) groups is 19. The number of carboxylic acids is 1. The van der Waals surface area contributed by atoms with Gasteiger partial charge >= 0.3 is 54.7 Å². The summed E-state index contributed by atoms with van der Waals surface area (Å²) < 4.78 is 51.4. The number of aliphatic carboxylic acids is 1. The minimum atomic E-state index is -1.89. The van der Waals surface area contributed by atoms with Gasteiger partial charge in [-0.25, -0.2) is 38.4 Å². The Hall–Kier alpha value is -13.7. The van der Waals surface area contributed by atoms with Gasteiger partial charge in [-0.15, -0.1) is 0 Å². The molecule has 4 aromatic rings. The molecule has 2 heterocycles. The van der Waals surface area contributed by atoms with Crippen LogP contribution in [0.1, 0.15) is 262 Å². The van der Waals surface area contributed by atoms with Crippen molar-refractivity contribution >= 4 is 136 Å². The third kappa shape index (κ3) is 48.7. The van der Waals surface area contributed by atoms with Crippen molar-refractivity contribution in [2.75, 3.05) is 39.3 Å². The number of para-hydroxylation sites is 2. The number of alkyl carbamates (subject to hydrolysis) is 4. The van der Waals surface area contributed by atoms with Gasteiger partial charge < -0.3 is 134 Å². The largest absolute Gasteiger partial charge is 0.516 e. The molecule has 47 nitrogen and oxygen atoms in total. The number of amides is 14. The zero-order chi connectivity index (χ0) is 114. The van der Waals surface area contributed by atoms with Crippen LogP contribution in [-0.4, -0.2) is 279 Å². The summed E-state index contributed by atoms with van der Waals surface area (Å²) in [6, 6.07) is -5.99. The molecule has 14 amide bonds. The number of benzene rings is 2. The zero-order valence-corrected chi connectivity index (χ0v) is 91.5. The summed E-state index contributed by atoms with van der Waals surface area (Å²) in [7, 11) is 0. The zero-order valence-electron chi connectivity index (χ0n) is 91.5. The Morgan fingerprint density at radius 3 is 1.03 bits per heavy atom. The van der Waals surface area contributed by atoms with E-state index < -0.39 is 289 Å². The number of nitrogens with one attached hydrogen (secondary N) is 14. The highest BCUT2D eigenvalue weighted by molar-refractivity contribution is 6.01. The smallest absolute Gasteiger partial charge is 0.480 e. The molecular formula is C103H162N18O29. The number of aromatic nitrogens is 2. The van der Waals surface area contributed by atoms with Crippen LogP contribution in [0.15, 0.2) is 73.6 Å². The van der Waals surface area contributed by atoms with Gasteiger partial charge in [0, 0.05) is 68.6 Å². The Balaban J connectivity index is 2.00. The standard InChI is InChI=1S/C103H162N18O29/c1-28-51-142-96(141)143-77(122)41-40-70(89(133)134)114-84(128)71(52-58(2)3)115-85(129)72(53-59(4)5)116-86(130)73(54-61-56-120(94(139)149-102(22,23)24)75-38-31-29-35-63(61)75)117-83(127)69(45-50-109-93(138)148-101(19,20)21)112-81(125)68(44-49-108-92(137)147-100(16,17)18)111-80(124)66(37-33-34-46-104)113-88(132)78(60(6)144-97(7,8)9)119-87(131)74(55-62-57-121(95(140)150-103(25,26)27)76-39-32-30-36-64(62)76)118-82(126)67(43-48-107-91(136)146-99(13,14)15)110-79(123)65(105)42-47-106-90(135)145-98(10,11)12/h28-32,35-36,38-39,56-60,65-74,78H,1,33-34,37,40-55,104-105H2,2-27H3,(H,106,135)(H,107,136)(H,108,137)(H,109,138)(H,110,123)(H,111,124)(H,112,125)(H,113,132)(H,114,128)(H,115,129)(H,116,130)(H,117,127)(H,118,126)(H,119,131)(H,133,134)/t60-,65-,66-,67-,68-,69-,70-,71+,72+,73-,74-,78+/m0/s1. The molecule has 19 N–H and O–H groups in total. The lowest BCUT2D eigenvalue weighted by Gasteiger charge is -2.33. The van der Waals surface area contributed by atoms with E-state index in [0.717, 1.165) is 0 Å². The molecule has 0 bridgehead atoms. The molecule has 150 heavy (non-hydrogen) atoms. The summed E-state index contributed by atoms with van der Waals surface area (Å²) in [6.45, 7) is 43.9. The lowest BCUT2D eigenvalue weighted by molar-refractivity contribution is -0.144. The molecule has 0 unspecified atom stereocenters. The lowest BCUT2D eigenvalue weighted by atomic mass is 9.98. The summed E-state index contributed by atoms with van der Waals surface area (Å²) in [4.78, 5) is 272. The van der Waals surface area contributed by atoms with Crippen LogP contribution in [0.5, 0.6) is 0 Å². The molecular weight excluding hydrogens is 1950 g/mol. The minimum absolute atomic E-state index is 0.0499. The SMILES string of the molecule is C=CCOC(=O)OC(=O)CC[C@H](NC(=O)[C@@H](CC(C)C)NC(=O)[C@@H](CC(C)C)NC(=O)[C@H](Cc1cn(C(=O)OC(C)(C)C)c2ccccc12)NC(=O)[C@H](CCNC(=O)OC(C)(C)C)NC(=O)[C@H](CCNC(=O)OC(C)(C)C)NC(=O)[C@H](CCCCN)NC(=O)[C@H](NC(=O)[C@H](Cc1cn(C(=O)OC(C)(C)C)c2ccccc12)NC(=O)[C@H](CCNC(=O)OC(C)(C)C)NC(=O)[C@@H](N)CCNC(=O)OC(C)(C)C)[C@H](C)OC(C)(C)C)C(=O)O. The number of fused-ring (bicyclic) bond motifs is 2. The summed E-state index contributed by atoms with van der Waals surface area (Å²) >= 11 is 0. The second-order valence-corrected chi connectivity index (χ2v) is 44.1. The van der Waals surface area contributed by atoms with Crippen LogP contribution in [0.2, 0.25) is 0 Å². The molecule has 4 rings (SSSR count). The van der Waals surface area contributed by atoms with Crippen molar-refractivity contribution in [3.63, 3.8) is 0 Å². The van der Waals surface area contributed by atoms with Gasteiger partial charge in [-0.2, -0.15) is 0 Å². The van der Waals surface area contributed by atoms with Gasteiger partial charge in [0.05, 0.1) is 28.8 Å². The van der Waals surface area contributed by atoms with Gasteiger partial charge in [0.15, 0.2) is 0 Å². The Labute approximate surface area is 876 Å². The number of rotatable bonds is 52. The van der Waals surface area contributed by atoms with Crippen LogP contribution in [0.4, 0.5) is 33.6 Å². The first-order valence-corrected chi connectivity index (χ1v) is 50.2. The molecule has 47 heteroatoms. The van der Waals surface area contributed by atoms with Gasteiger partial charge in [-0.1, -0.05) is 76.7 Å². The second-order valence-electron chi connectivity index (χ2n) is 44.1. The predicted octanol–water partition coefficient (Wildman–Crippen LogP) is 7.94. The molecule has 2 aromatic heterocycles. The fourth-order valence-electron chi connectivity index (χ4n) is 14.8. The molecule has 0 spiro atoms. The fourth-order valence-corrected chi connectivity index (χ4v) is 14.8. The van der Waals surface area contributed by atoms with Crippen LogP contribution >= 0.6 is 0 Å².